The highest BCUT2D eigenvalue weighted by Crippen LogP contribution is 2.35. The van der Waals surface area contributed by atoms with Crippen LogP contribution in [-0.4, -0.2) is 56.4 Å². The van der Waals surface area contributed by atoms with Crippen molar-refractivity contribution in [3.63, 3.8) is 0 Å². The quantitative estimate of drug-likeness (QED) is 0.537. The van der Waals surface area contributed by atoms with E-state index in [2.05, 4.69) is 0 Å². The Balaban J connectivity index is 3.07. The normalized spacial score (nSPS) is 11.0. The molecule has 0 atom stereocenters. The van der Waals surface area contributed by atoms with Gasteiger partial charge < -0.3 is 24.2 Å². The number of aldehydes is 1. The fraction of sp³-hybridized carbons (Fsp3) is 0.556. The van der Waals surface area contributed by atoms with E-state index in [0.717, 1.165) is 0 Å². The number of esters is 1. The number of hydrogen-bond acceptors (Lipinski definition) is 7. The van der Waals surface area contributed by atoms with Gasteiger partial charge in [0.25, 0.3) is 0 Å². The highest BCUT2D eigenvalue weighted by molar-refractivity contribution is 5.84. The maximum atomic E-state index is 11.8. The van der Waals surface area contributed by atoms with Gasteiger partial charge in [0.2, 0.25) is 0 Å². The minimum atomic E-state index is -0.618. The van der Waals surface area contributed by atoms with Crippen LogP contribution in [0.5, 0.6) is 11.5 Å². The van der Waals surface area contributed by atoms with Crippen molar-refractivity contribution >= 4 is 17.9 Å². The van der Waals surface area contributed by atoms with Crippen LogP contribution in [0.3, 0.4) is 0 Å². The van der Waals surface area contributed by atoms with E-state index in [1.54, 1.807) is 44.9 Å². The topological polar surface area (TPSA) is 85.3 Å². The third-order valence-electron chi connectivity index (χ3n) is 3.13. The first-order valence-corrected chi connectivity index (χ1v) is 8.14. The molecule has 1 N–H and O–H groups in total. The van der Waals surface area contributed by atoms with Gasteiger partial charge in [0.05, 0.1) is 18.8 Å². The molecule has 0 radical (unpaired) electrons. The largest absolute Gasteiger partial charge is 0.490 e. The highest BCUT2D eigenvalue weighted by atomic mass is 16.6. The number of carbonyl (C=O) groups is 2. The van der Waals surface area contributed by atoms with Crippen molar-refractivity contribution in [3.05, 3.63) is 17.7 Å². The minimum absolute atomic E-state index is 0.0201. The Hall–Kier alpha value is -2.28. The van der Waals surface area contributed by atoms with E-state index in [-0.39, 0.29) is 24.5 Å². The number of nitrogens with zero attached hydrogens (tertiary/aromatic N) is 1. The van der Waals surface area contributed by atoms with Crippen molar-refractivity contribution in [1.82, 2.24) is 0 Å². The fourth-order valence-electron chi connectivity index (χ4n) is 2.11. The lowest BCUT2D eigenvalue weighted by atomic mass is 10.1. The average Bonchev–Trinajstić information content (AvgIpc) is 2.51. The maximum Gasteiger partial charge on any atom is 0.344 e. The first-order chi connectivity index (χ1) is 11.7. The number of carbonyl (C=O) groups excluding carboxylic acids is 2. The second kappa shape index (κ2) is 9.27. The molecule has 0 saturated heterocycles. The van der Waals surface area contributed by atoms with Crippen LogP contribution in [0.4, 0.5) is 5.69 Å². The summed E-state index contributed by atoms with van der Waals surface area (Å²) in [4.78, 5) is 25.1. The number of aliphatic hydroxyl groups is 1. The van der Waals surface area contributed by atoms with Gasteiger partial charge in [0, 0.05) is 25.3 Å². The lowest BCUT2D eigenvalue weighted by Crippen LogP contribution is -2.27. The smallest absolute Gasteiger partial charge is 0.344 e. The van der Waals surface area contributed by atoms with Gasteiger partial charge in [-0.05, 0) is 33.8 Å². The zero-order chi connectivity index (χ0) is 19.0. The molecule has 0 spiro atoms. The predicted octanol–water partition coefficient (Wildman–Crippen LogP) is 2.05. The van der Waals surface area contributed by atoms with Gasteiger partial charge in [-0.2, -0.15) is 0 Å². The molecular formula is C18H27NO6. The van der Waals surface area contributed by atoms with Crippen LogP contribution in [0, 0.1) is 0 Å². The standard InChI is InChI=1S/C18H27NO6/c1-6-23-15-10-14(19(5)7-8-20)9-13(11-21)17(15)24-12-16(22)25-18(2,3)4/h9-11,20H,6-8,12H2,1-5H3. The first-order valence-electron chi connectivity index (χ1n) is 8.14. The van der Waals surface area contributed by atoms with Crippen LogP contribution in [-0.2, 0) is 9.53 Å². The lowest BCUT2D eigenvalue weighted by Gasteiger charge is -2.22. The molecule has 7 nitrogen and oxygen atoms in total. The molecule has 25 heavy (non-hydrogen) atoms. The van der Waals surface area contributed by atoms with Gasteiger partial charge in [-0.1, -0.05) is 0 Å². The molecule has 0 aliphatic rings. The molecule has 0 bridgehead atoms. The Morgan fingerprint density at radius 1 is 1.28 bits per heavy atom. The summed E-state index contributed by atoms with van der Waals surface area (Å²) in [5.74, 6) is 0.0209. The van der Waals surface area contributed by atoms with E-state index in [4.69, 9.17) is 19.3 Å². The summed E-state index contributed by atoms with van der Waals surface area (Å²) in [6.45, 7) is 7.52. The Bertz CT molecular complexity index is 594. The third kappa shape index (κ3) is 6.62. The van der Waals surface area contributed by atoms with Gasteiger partial charge in [0.15, 0.2) is 24.4 Å². The summed E-state index contributed by atoms with van der Waals surface area (Å²) in [6, 6.07) is 3.33. The van der Waals surface area contributed by atoms with Crippen LogP contribution in [0.2, 0.25) is 0 Å². The van der Waals surface area contributed by atoms with Crippen LogP contribution in [0.1, 0.15) is 38.1 Å². The third-order valence-corrected chi connectivity index (χ3v) is 3.13. The number of anilines is 1. The molecule has 140 valence electrons. The maximum absolute atomic E-state index is 11.8. The molecule has 0 fully saturated rings. The molecule has 0 saturated carbocycles. The van der Waals surface area contributed by atoms with E-state index in [9.17, 15) is 9.59 Å². The van der Waals surface area contributed by atoms with Crippen LogP contribution < -0.4 is 14.4 Å². The van der Waals surface area contributed by atoms with E-state index < -0.39 is 11.6 Å². The van der Waals surface area contributed by atoms with Crippen molar-refractivity contribution in [2.24, 2.45) is 0 Å². The first kappa shape index (κ1) is 20.8. The number of benzene rings is 1. The Kier molecular flexibility index (Phi) is 7.70. The number of rotatable bonds is 9. The van der Waals surface area contributed by atoms with Crippen molar-refractivity contribution in [2.45, 2.75) is 33.3 Å². The number of likely N-dealkylation sites (N-methyl/N-ethyl adjacent to an activating group) is 1. The molecule has 0 aliphatic carbocycles. The Morgan fingerprint density at radius 2 is 1.96 bits per heavy atom. The molecular weight excluding hydrogens is 326 g/mol. The van der Waals surface area contributed by atoms with Crippen LogP contribution in [0.15, 0.2) is 12.1 Å². The number of hydrogen-bond donors (Lipinski definition) is 1. The average molecular weight is 353 g/mol. The van der Waals surface area contributed by atoms with Gasteiger partial charge in [-0.15, -0.1) is 0 Å². The van der Waals surface area contributed by atoms with E-state index in [0.29, 0.717) is 30.9 Å². The summed E-state index contributed by atoms with van der Waals surface area (Å²) in [5.41, 5.74) is 0.339. The molecule has 0 aliphatic heterocycles. The molecule has 0 heterocycles. The van der Waals surface area contributed by atoms with Crippen molar-refractivity contribution in [3.8, 4) is 11.5 Å². The predicted molar refractivity (Wildman–Crippen MR) is 94.7 cm³/mol. The van der Waals surface area contributed by atoms with Gasteiger partial charge in [-0.3, -0.25) is 4.79 Å². The minimum Gasteiger partial charge on any atom is -0.490 e. The number of aliphatic hydroxyl groups excluding tert-OH is 1. The van der Waals surface area contributed by atoms with E-state index >= 15 is 0 Å². The summed E-state index contributed by atoms with van der Waals surface area (Å²) >= 11 is 0. The monoisotopic (exact) mass is 353 g/mol. The highest BCUT2D eigenvalue weighted by Gasteiger charge is 2.20. The van der Waals surface area contributed by atoms with Gasteiger partial charge >= 0.3 is 5.97 Å². The molecule has 0 aromatic heterocycles. The van der Waals surface area contributed by atoms with Crippen molar-refractivity contribution in [1.29, 1.82) is 0 Å². The SMILES string of the molecule is CCOc1cc(N(C)CCO)cc(C=O)c1OCC(=O)OC(C)(C)C. The molecule has 1 rings (SSSR count). The van der Waals surface area contributed by atoms with Crippen molar-refractivity contribution < 1.29 is 28.9 Å². The lowest BCUT2D eigenvalue weighted by molar-refractivity contribution is -0.157. The van der Waals surface area contributed by atoms with E-state index in [1.165, 1.54) is 0 Å². The zero-order valence-electron chi connectivity index (χ0n) is 15.5. The molecule has 1 aromatic carbocycles. The molecule has 7 heteroatoms. The molecule has 1 aromatic rings. The summed E-state index contributed by atoms with van der Waals surface area (Å²) in [5, 5.41) is 9.07. The summed E-state index contributed by atoms with van der Waals surface area (Å²) in [7, 11) is 1.79. The molecule has 0 amide bonds. The molecule has 0 unspecified atom stereocenters. The van der Waals surface area contributed by atoms with Crippen LogP contribution in [0.25, 0.3) is 0 Å². The summed E-state index contributed by atoms with van der Waals surface area (Å²) in [6.07, 6.45) is 0.642. The summed E-state index contributed by atoms with van der Waals surface area (Å²) < 4.78 is 16.3. The second-order valence-electron chi connectivity index (χ2n) is 6.43. The van der Waals surface area contributed by atoms with Crippen molar-refractivity contribution in [2.75, 3.05) is 38.3 Å². The fourth-order valence-corrected chi connectivity index (χ4v) is 2.11. The Morgan fingerprint density at radius 3 is 2.48 bits per heavy atom. The van der Waals surface area contributed by atoms with Crippen LogP contribution >= 0.6 is 0 Å². The zero-order valence-corrected chi connectivity index (χ0v) is 15.5. The van der Waals surface area contributed by atoms with Gasteiger partial charge in [0.1, 0.15) is 5.60 Å². The Labute approximate surface area is 148 Å². The number of ether oxygens (including phenoxy) is 3. The van der Waals surface area contributed by atoms with Gasteiger partial charge in [-0.25, -0.2) is 4.79 Å². The van der Waals surface area contributed by atoms with E-state index in [1.807, 2.05) is 6.92 Å². The second-order valence-corrected chi connectivity index (χ2v) is 6.43.